The molecule has 0 saturated carbocycles. The quantitative estimate of drug-likeness (QED) is 0.902. The minimum atomic E-state index is -0.347. The van der Waals surface area contributed by atoms with E-state index in [2.05, 4.69) is 27.2 Å². The van der Waals surface area contributed by atoms with Crippen LogP contribution in [0, 0.1) is 12.8 Å². The molecule has 6 nitrogen and oxygen atoms in total. The Labute approximate surface area is 146 Å². The second-order valence-electron chi connectivity index (χ2n) is 6.33. The largest absolute Gasteiger partial charge is 0.371 e. The summed E-state index contributed by atoms with van der Waals surface area (Å²) in [7, 11) is 0. The van der Waals surface area contributed by atoms with Crippen molar-refractivity contribution in [3.63, 3.8) is 0 Å². The van der Waals surface area contributed by atoms with Gasteiger partial charge in [-0.15, -0.1) is 0 Å². The Morgan fingerprint density at radius 1 is 1.50 bits per heavy atom. The van der Waals surface area contributed by atoms with Gasteiger partial charge in [-0.1, -0.05) is 17.7 Å². The molecule has 1 fully saturated rings. The Morgan fingerprint density at radius 2 is 2.33 bits per heavy atom. The smallest absolute Gasteiger partial charge is 0.244 e. The first-order valence-corrected chi connectivity index (χ1v) is 8.55. The highest BCUT2D eigenvalue weighted by atomic mass is 35.5. The second kappa shape index (κ2) is 7.21. The molecule has 1 aliphatic heterocycles. The van der Waals surface area contributed by atoms with E-state index in [1.165, 1.54) is 17.6 Å². The van der Waals surface area contributed by atoms with Crippen LogP contribution in [0.4, 0.5) is 5.69 Å². The van der Waals surface area contributed by atoms with Crippen LogP contribution in [0.25, 0.3) is 0 Å². The van der Waals surface area contributed by atoms with Crippen molar-refractivity contribution < 1.29 is 4.79 Å². The van der Waals surface area contributed by atoms with Crippen LogP contribution >= 0.6 is 11.6 Å². The monoisotopic (exact) mass is 347 g/mol. The first-order chi connectivity index (χ1) is 11.5. The maximum atomic E-state index is 12.2. The van der Waals surface area contributed by atoms with Gasteiger partial charge in [-0.05, 0) is 43.9 Å². The van der Waals surface area contributed by atoms with Crippen molar-refractivity contribution in [1.82, 2.24) is 20.1 Å². The standard InChI is InChI=1S/C17H22ClN5O/c1-12-3-4-15(18)7-16(12)22-6-5-14(9-22)8-20-17(24)13(2)23-11-19-10-21-23/h3-4,7,10-11,13-14H,5-6,8-9H2,1-2H3,(H,20,24)/t13-,14-/m1/s1. The van der Waals surface area contributed by atoms with Crippen molar-refractivity contribution in [3.05, 3.63) is 41.4 Å². The number of benzene rings is 1. The lowest BCUT2D eigenvalue weighted by Crippen LogP contribution is -2.35. The molecule has 0 spiro atoms. The topological polar surface area (TPSA) is 63.1 Å². The van der Waals surface area contributed by atoms with Crippen molar-refractivity contribution in [2.75, 3.05) is 24.5 Å². The summed E-state index contributed by atoms with van der Waals surface area (Å²) in [5.74, 6) is 0.410. The molecular formula is C17H22ClN5O. The van der Waals surface area contributed by atoms with Gasteiger partial charge in [0.1, 0.15) is 18.7 Å². The van der Waals surface area contributed by atoms with E-state index in [9.17, 15) is 4.79 Å². The van der Waals surface area contributed by atoms with Crippen LogP contribution in [0.3, 0.4) is 0 Å². The molecule has 0 unspecified atom stereocenters. The third kappa shape index (κ3) is 3.70. The Balaban J connectivity index is 1.53. The van der Waals surface area contributed by atoms with Crippen LogP contribution in [-0.2, 0) is 4.79 Å². The van der Waals surface area contributed by atoms with Crippen molar-refractivity contribution in [2.45, 2.75) is 26.3 Å². The number of aryl methyl sites for hydroxylation is 1. The predicted octanol–water partition coefficient (Wildman–Crippen LogP) is 2.44. The summed E-state index contributed by atoms with van der Waals surface area (Å²) in [6.07, 6.45) is 4.05. The maximum absolute atomic E-state index is 12.2. The Bertz CT molecular complexity index is 703. The van der Waals surface area contributed by atoms with Crippen LogP contribution in [0.1, 0.15) is 24.9 Å². The zero-order chi connectivity index (χ0) is 17.1. The number of carbonyl (C=O) groups excluding carboxylic acids is 1. The van der Waals surface area contributed by atoms with E-state index < -0.39 is 0 Å². The van der Waals surface area contributed by atoms with Crippen LogP contribution in [-0.4, -0.2) is 40.3 Å². The molecule has 2 atom stereocenters. The van der Waals surface area contributed by atoms with E-state index in [0.29, 0.717) is 12.5 Å². The summed E-state index contributed by atoms with van der Waals surface area (Å²) in [6, 6.07) is 5.64. The molecule has 1 aromatic heterocycles. The molecule has 1 aliphatic rings. The van der Waals surface area contributed by atoms with Crippen molar-refractivity contribution >= 4 is 23.2 Å². The molecule has 1 saturated heterocycles. The van der Waals surface area contributed by atoms with Gasteiger partial charge in [0.05, 0.1) is 0 Å². The summed E-state index contributed by atoms with van der Waals surface area (Å²) in [6.45, 7) is 6.51. The second-order valence-corrected chi connectivity index (χ2v) is 6.76. The molecule has 0 aliphatic carbocycles. The van der Waals surface area contributed by atoms with E-state index in [-0.39, 0.29) is 11.9 Å². The third-order valence-corrected chi connectivity index (χ3v) is 4.81. The number of rotatable bonds is 5. The molecule has 1 N–H and O–H groups in total. The number of hydrogen-bond donors (Lipinski definition) is 1. The number of aromatic nitrogens is 3. The lowest BCUT2D eigenvalue weighted by Gasteiger charge is -2.21. The van der Waals surface area contributed by atoms with E-state index in [0.717, 1.165) is 24.5 Å². The van der Waals surface area contributed by atoms with Gasteiger partial charge in [-0.2, -0.15) is 5.10 Å². The van der Waals surface area contributed by atoms with Gasteiger partial charge in [-0.25, -0.2) is 9.67 Å². The molecule has 2 heterocycles. The molecule has 24 heavy (non-hydrogen) atoms. The first-order valence-electron chi connectivity index (χ1n) is 8.17. The van der Waals surface area contributed by atoms with Crippen molar-refractivity contribution in [3.8, 4) is 0 Å². The van der Waals surface area contributed by atoms with Crippen LogP contribution < -0.4 is 10.2 Å². The van der Waals surface area contributed by atoms with Gasteiger partial charge in [0, 0.05) is 30.3 Å². The summed E-state index contributed by atoms with van der Waals surface area (Å²) >= 11 is 6.12. The SMILES string of the molecule is Cc1ccc(Cl)cc1N1CC[C@H](CNC(=O)[C@@H](C)n2cncn2)C1. The van der Waals surface area contributed by atoms with Crippen molar-refractivity contribution in [1.29, 1.82) is 0 Å². The number of halogens is 1. The zero-order valence-corrected chi connectivity index (χ0v) is 14.7. The number of nitrogens with one attached hydrogen (secondary N) is 1. The Morgan fingerprint density at radius 3 is 3.08 bits per heavy atom. The molecule has 1 amide bonds. The average Bonchev–Trinajstić information content (AvgIpc) is 3.25. The fourth-order valence-corrected chi connectivity index (χ4v) is 3.24. The van der Waals surface area contributed by atoms with Gasteiger partial charge in [-0.3, -0.25) is 4.79 Å². The van der Waals surface area contributed by atoms with Crippen LogP contribution in [0.15, 0.2) is 30.9 Å². The minimum absolute atomic E-state index is 0.0297. The fraction of sp³-hybridized carbons (Fsp3) is 0.471. The van der Waals surface area contributed by atoms with E-state index in [4.69, 9.17) is 11.6 Å². The number of nitrogens with zero attached hydrogens (tertiary/aromatic N) is 4. The highest BCUT2D eigenvalue weighted by Crippen LogP contribution is 2.29. The lowest BCUT2D eigenvalue weighted by molar-refractivity contribution is -0.124. The predicted molar refractivity (Wildman–Crippen MR) is 94.3 cm³/mol. The summed E-state index contributed by atoms with van der Waals surface area (Å²) < 4.78 is 1.56. The van der Waals surface area contributed by atoms with E-state index >= 15 is 0 Å². The number of amides is 1. The van der Waals surface area contributed by atoms with E-state index in [1.807, 2.05) is 25.1 Å². The zero-order valence-electron chi connectivity index (χ0n) is 13.9. The number of hydrogen-bond acceptors (Lipinski definition) is 4. The first kappa shape index (κ1) is 16.8. The minimum Gasteiger partial charge on any atom is -0.371 e. The number of carbonyl (C=O) groups is 1. The molecule has 0 bridgehead atoms. The summed E-state index contributed by atoms with van der Waals surface area (Å²) in [5, 5.41) is 7.80. The maximum Gasteiger partial charge on any atom is 0.244 e. The lowest BCUT2D eigenvalue weighted by atomic mass is 10.1. The van der Waals surface area contributed by atoms with Crippen LogP contribution in [0.5, 0.6) is 0 Å². The Hall–Kier alpha value is -2.08. The molecule has 3 rings (SSSR count). The van der Waals surface area contributed by atoms with Crippen molar-refractivity contribution in [2.24, 2.45) is 5.92 Å². The molecule has 0 radical (unpaired) electrons. The molecule has 1 aromatic carbocycles. The van der Waals surface area contributed by atoms with Gasteiger partial charge in [0.25, 0.3) is 0 Å². The molecule has 7 heteroatoms. The highest BCUT2D eigenvalue weighted by Gasteiger charge is 2.25. The average molecular weight is 348 g/mol. The highest BCUT2D eigenvalue weighted by molar-refractivity contribution is 6.30. The molecule has 2 aromatic rings. The fourth-order valence-electron chi connectivity index (χ4n) is 3.07. The molecule has 128 valence electrons. The summed E-state index contributed by atoms with van der Waals surface area (Å²) in [5.41, 5.74) is 2.41. The van der Waals surface area contributed by atoms with Gasteiger partial charge in [0.15, 0.2) is 0 Å². The Kier molecular flexibility index (Phi) is 5.04. The van der Waals surface area contributed by atoms with Crippen LogP contribution in [0.2, 0.25) is 5.02 Å². The summed E-state index contributed by atoms with van der Waals surface area (Å²) in [4.78, 5) is 18.4. The van der Waals surface area contributed by atoms with E-state index in [1.54, 1.807) is 11.0 Å². The van der Waals surface area contributed by atoms with Gasteiger partial charge < -0.3 is 10.2 Å². The normalized spacial score (nSPS) is 18.6. The molecular weight excluding hydrogens is 326 g/mol. The van der Waals surface area contributed by atoms with Gasteiger partial charge >= 0.3 is 0 Å². The number of anilines is 1. The third-order valence-electron chi connectivity index (χ3n) is 4.58. The van der Waals surface area contributed by atoms with Gasteiger partial charge in [0.2, 0.25) is 5.91 Å².